The number of nitrogens with zero attached hydrogens (tertiary/aromatic N) is 6. The minimum Gasteiger partial charge on any atom is -0.331 e. The van der Waals surface area contributed by atoms with Gasteiger partial charge in [0.2, 0.25) is 0 Å². The molecule has 0 bridgehead atoms. The molecule has 0 unspecified atom stereocenters. The Bertz CT molecular complexity index is 930. The third kappa shape index (κ3) is 3.85. The molecule has 2 amide bonds. The van der Waals surface area contributed by atoms with E-state index in [9.17, 15) is 4.79 Å². The second-order valence-corrected chi connectivity index (χ2v) is 5.37. The van der Waals surface area contributed by atoms with Gasteiger partial charge in [0.15, 0.2) is 0 Å². The maximum atomic E-state index is 12.3. The largest absolute Gasteiger partial charge is 0.331 e. The minimum atomic E-state index is -0.433. The van der Waals surface area contributed by atoms with Crippen molar-refractivity contribution in [3.8, 4) is 0 Å². The molecule has 0 aliphatic heterocycles. The molecule has 9 heteroatoms. The van der Waals surface area contributed by atoms with Crippen molar-refractivity contribution in [2.75, 3.05) is 11.9 Å². The molecule has 0 saturated carbocycles. The Morgan fingerprint density at radius 2 is 2.16 bits per heavy atom. The lowest BCUT2D eigenvalue weighted by Crippen LogP contribution is -2.34. The van der Waals surface area contributed by atoms with Crippen LogP contribution in [0.3, 0.4) is 0 Å². The number of fused-ring (bicyclic) bond motifs is 1. The molecular formula is C16H16N8O. The summed E-state index contributed by atoms with van der Waals surface area (Å²) in [6, 6.07) is 10.2. The van der Waals surface area contributed by atoms with E-state index in [4.69, 9.17) is 5.53 Å². The number of anilines is 1. The number of hydrogen-bond donors (Lipinski definition) is 2. The summed E-state index contributed by atoms with van der Waals surface area (Å²) in [5.41, 5.74) is 10.3. The number of hydrogen-bond acceptors (Lipinski definition) is 4. The zero-order valence-electron chi connectivity index (χ0n) is 13.5. The van der Waals surface area contributed by atoms with Gasteiger partial charge in [-0.2, -0.15) is 5.10 Å². The van der Waals surface area contributed by atoms with E-state index in [0.29, 0.717) is 5.82 Å². The van der Waals surface area contributed by atoms with Crippen molar-refractivity contribution in [3.05, 3.63) is 64.8 Å². The third-order valence-corrected chi connectivity index (χ3v) is 3.71. The van der Waals surface area contributed by atoms with Crippen molar-refractivity contribution in [2.24, 2.45) is 12.2 Å². The highest BCUT2D eigenvalue weighted by Gasteiger charge is 2.14. The molecule has 0 spiro atoms. The zero-order chi connectivity index (χ0) is 17.6. The summed E-state index contributed by atoms with van der Waals surface area (Å²) < 4.78 is 1.71. The van der Waals surface area contributed by atoms with E-state index in [1.807, 2.05) is 37.4 Å². The predicted molar refractivity (Wildman–Crippen MR) is 93.9 cm³/mol. The van der Waals surface area contributed by atoms with Crippen LogP contribution in [0.25, 0.3) is 21.3 Å². The van der Waals surface area contributed by atoms with Gasteiger partial charge in [-0.15, -0.1) is 0 Å². The van der Waals surface area contributed by atoms with E-state index in [1.165, 1.54) is 0 Å². The molecule has 9 nitrogen and oxygen atoms in total. The molecule has 126 valence electrons. The van der Waals surface area contributed by atoms with Gasteiger partial charge in [0.05, 0.1) is 30.5 Å². The fourth-order valence-corrected chi connectivity index (χ4v) is 2.47. The Balaban J connectivity index is 1.72. The number of benzene rings is 1. The van der Waals surface area contributed by atoms with Crippen LogP contribution >= 0.6 is 0 Å². The zero-order valence-corrected chi connectivity index (χ0v) is 13.5. The summed E-state index contributed by atoms with van der Waals surface area (Å²) in [4.78, 5) is 19.3. The number of aromatic nitrogens is 3. The van der Waals surface area contributed by atoms with Crippen LogP contribution in [0.1, 0.15) is 11.6 Å². The average Bonchev–Trinajstić information content (AvgIpc) is 3.00. The molecule has 0 saturated heterocycles. The van der Waals surface area contributed by atoms with Crippen LogP contribution in [-0.4, -0.2) is 27.3 Å². The van der Waals surface area contributed by atoms with Crippen LogP contribution in [0.4, 0.5) is 10.6 Å². The molecule has 1 aromatic carbocycles. The topological polar surface area (TPSA) is 121 Å². The first-order valence-corrected chi connectivity index (χ1v) is 7.58. The number of carbonyl (C=O) groups is 1. The van der Waals surface area contributed by atoms with Gasteiger partial charge in [-0.1, -0.05) is 35.4 Å². The number of pyridine rings is 1. The molecule has 0 fully saturated rings. The maximum absolute atomic E-state index is 12.3. The van der Waals surface area contributed by atoms with E-state index >= 15 is 0 Å². The first-order chi connectivity index (χ1) is 12.2. The summed E-state index contributed by atoms with van der Waals surface area (Å²) in [7, 11) is 1.82. The normalized spacial score (nSPS) is 11.6. The average molecular weight is 336 g/mol. The van der Waals surface area contributed by atoms with Crippen molar-refractivity contribution in [1.29, 1.82) is 0 Å². The third-order valence-electron chi connectivity index (χ3n) is 3.71. The Morgan fingerprint density at radius 3 is 2.92 bits per heavy atom. The summed E-state index contributed by atoms with van der Waals surface area (Å²) in [6.45, 7) is 0.114. The van der Waals surface area contributed by atoms with Crippen LogP contribution in [0.2, 0.25) is 0 Å². The standard InChI is InChI=1S/C16H16N8O/c1-24-14-10-18-15(7-12(14)8-20-24)22-16(25)21-13(9-19-23-17)11-5-3-2-4-6-11/h2-8,10,13H,9H2,1H3,(H2,18,21,22,25)/t13-/m1/s1. The van der Waals surface area contributed by atoms with Crippen LogP contribution in [0, 0.1) is 0 Å². The van der Waals surface area contributed by atoms with E-state index in [1.54, 1.807) is 23.1 Å². The number of urea groups is 1. The molecule has 3 rings (SSSR count). The Kier molecular flexibility index (Phi) is 4.77. The van der Waals surface area contributed by atoms with Gasteiger partial charge < -0.3 is 5.32 Å². The highest BCUT2D eigenvalue weighted by Crippen LogP contribution is 2.16. The molecular weight excluding hydrogens is 320 g/mol. The highest BCUT2D eigenvalue weighted by molar-refractivity contribution is 5.91. The van der Waals surface area contributed by atoms with Gasteiger partial charge in [0, 0.05) is 17.3 Å². The van der Waals surface area contributed by atoms with E-state index in [0.717, 1.165) is 16.5 Å². The molecule has 0 radical (unpaired) electrons. The van der Waals surface area contributed by atoms with Crippen molar-refractivity contribution in [1.82, 2.24) is 20.1 Å². The number of azide groups is 1. The van der Waals surface area contributed by atoms with E-state index < -0.39 is 12.1 Å². The lowest BCUT2D eigenvalue weighted by molar-refractivity contribution is 0.248. The summed E-state index contributed by atoms with van der Waals surface area (Å²) in [5.74, 6) is 0.411. The SMILES string of the molecule is Cn1ncc2cc(NC(=O)N[C@H](CN=[N+]=[N-])c3ccccc3)ncc21. The first-order valence-electron chi connectivity index (χ1n) is 7.58. The first kappa shape index (κ1) is 16.3. The van der Waals surface area contributed by atoms with Gasteiger partial charge in [-0.25, -0.2) is 9.78 Å². The molecule has 1 atom stereocenters. The van der Waals surface area contributed by atoms with E-state index in [-0.39, 0.29) is 6.54 Å². The van der Waals surface area contributed by atoms with Crippen molar-refractivity contribution < 1.29 is 4.79 Å². The number of rotatable bonds is 5. The van der Waals surface area contributed by atoms with Crippen LogP contribution in [0.5, 0.6) is 0 Å². The van der Waals surface area contributed by atoms with Gasteiger partial charge in [0.25, 0.3) is 0 Å². The molecule has 25 heavy (non-hydrogen) atoms. The fourth-order valence-electron chi connectivity index (χ4n) is 2.47. The fraction of sp³-hybridized carbons (Fsp3) is 0.188. The van der Waals surface area contributed by atoms with Gasteiger partial charge in [0.1, 0.15) is 5.82 Å². The second kappa shape index (κ2) is 7.33. The van der Waals surface area contributed by atoms with E-state index in [2.05, 4.69) is 30.7 Å². The quantitative estimate of drug-likeness (QED) is 0.423. The van der Waals surface area contributed by atoms with Crippen LogP contribution < -0.4 is 10.6 Å². The number of carbonyl (C=O) groups excluding carboxylic acids is 1. The predicted octanol–water partition coefficient (Wildman–Crippen LogP) is 3.14. The van der Waals surface area contributed by atoms with Crippen molar-refractivity contribution in [3.63, 3.8) is 0 Å². The monoisotopic (exact) mass is 336 g/mol. The van der Waals surface area contributed by atoms with Gasteiger partial charge >= 0.3 is 6.03 Å². The molecule has 3 aromatic rings. The number of aryl methyl sites for hydroxylation is 1. The van der Waals surface area contributed by atoms with Gasteiger partial charge in [-0.3, -0.25) is 10.00 Å². The minimum absolute atomic E-state index is 0.114. The Morgan fingerprint density at radius 1 is 1.36 bits per heavy atom. The molecule has 2 aromatic heterocycles. The Labute approximate surface area is 143 Å². The molecule has 2 heterocycles. The number of amides is 2. The Hall–Kier alpha value is -3.58. The highest BCUT2D eigenvalue weighted by atomic mass is 16.2. The molecule has 2 N–H and O–H groups in total. The smallest absolute Gasteiger partial charge is 0.320 e. The molecule has 0 aliphatic rings. The van der Waals surface area contributed by atoms with Crippen LogP contribution in [-0.2, 0) is 7.05 Å². The lowest BCUT2D eigenvalue weighted by atomic mass is 10.1. The lowest BCUT2D eigenvalue weighted by Gasteiger charge is -2.17. The maximum Gasteiger partial charge on any atom is 0.320 e. The molecule has 0 aliphatic carbocycles. The van der Waals surface area contributed by atoms with Crippen molar-refractivity contribution >= 4 is 22.8 Å². The number of nitrogens with one attached hydrogen (secondary N) is 2. The summed E-state index contributed by atoms with van der Waals surface area (Å²) in [6.07, 6.45) is 3.35. The second-order valence-electron chi connectivity index (χ2n) is 5.37. The summed E-state index contributed by atoms with van der Waals surface area (Å²) >= 11 is 0. The summed E-state index contributed by atoms with van der Waals surface area (Å²) in [5, 5.41) is 14.1. The van der Waals surface area contributed by atoms with Crippen LogP contribution in [0.15, 0.2) is 53.9 Å². The van der Waals surface area contributed by atoms with Gasteiger partial charge in [-0.05, 0) is 17.2 Å². The van der Waals surface area contributed by atoms with Crippen molar-refractivity contribution in [2.45, 2.75) is 6.04 Å².